The summed E-state index contributed by atoms with van der Waals surface area (Å²) in [4.78, 5) is 12.5. The van der Waals surface area contributed by atoms with Crippen LogP contribution in [0.1, 0.15) is 58.4 Å². The van der Waals surface area contributed by atoms with Crippen molar-refractivity contribution >= 4 is 5.97 Å². The largest absolute Gasteiger partial charge is 0.472 e. The average molecular weight is 330 g/mol. The molecular weight excluding hydrogens is 300 g/mol. The van der Waals surface area contributed by atoms with Gasteiger partial charge in [-0.15, -0.1) is 0 Å². The van der Waals surface area contributed by atoms with Gasteiger partial charge in [0.2, 0.25) is 0 Å². The molecule has 3 nitrogen and oxygen atoms in total. The molecule has 0 aliphatic heterocycles. The zero-order valence-corrected chi connectivity index (χ0v) is 15.4. The van der Waals surface area contributed by atoms with Crippen LogP contribution in [0.15, 0.2) is 34.7 Å². The quantitative estimate of drug-likeness (QED) is 0.565. The summed E-state index contributed by atoms with van der Waals surface area (Å²) in [6, 6.07) is 2.06. The number of methoxy groups -OCH3 is 1. The van der Waals surface area contributed by atoms with Gasteiger partial charge in [0.25, 0.3) is 0 Å². The van der Waals surface area contributed by atoms with Gasteiger partial charge in [-0.1, -0.05) is 25.5 Å². The molecule has 24 heavy (non-hydrogen) atoms. The van der Waals surface area contributed by atoms with Crippen LogP contribution < -0.4 is 0 Å². The van der Waals surface area contributed by atoms with Crippen molar-refractivity contribution in [3.05, 3.63) is 35.8 Å². The van der Waals surface area contributed by atoms with E-state index >= 15 is 0 Å². The van der Waals surface area contributed by atoms with E-state index in [0.717, 1.165) is 32.1 Å². The van der Waals surface area contributed by atoms with Crippen LogP contribution in [0, 0.1) is 22.7 Å². The highest BCUT2D eigenvalue weighted by Crippen LogP contribution is 2.58. The molecular formula is C21H30O3. The molecule has 2 aliphatic carbocycles. The van der Waals surface area contributed by atoms with Gasteiger partial charge < -0.3 is 9.15 Å². The van der Waals surface area contributed by atoms with E-state index < -0.39 is 0 Å². The Bertz CT molecular complexity index is 615. The number of hydrogen-bond acceptors (Lipinski definition) is 3. The SMILES string of the molecule is COC(=O)[C@@]1(C)CCC=C2[C@H]1CC[C@@H](C)[C@]2(C)CCc1ccoc1. The van der Waals surface area contributed by atoms with Crippen LogP contribution in [0.2, 0.25) is 0 Å². The van der Waals surface area contributed by atoms with Crippen LogP contribution in [0.3, 0.4) is 0 Å². The minimum atomic E-state index is -0.365. The molecule has 1 aromatic rings. The van der Waals surface area contributed by atoms with Gasteiger partial charge in [-0.3, -0.25) is 4.79 Å². The Balaban J connectivity index is 1.88. The lowest BCUT2D eigenvalue weighted by molar-refractivity contribution is -0.156. The lowest BCUT2D eigenvalue weighted by Crippen LogP contribution is -2.47. The van der Waals surface area contributed by atoms with Gasteiger partial charge in [0, 0.05) is 0 Å². The van der Waals surface area contributed by atoms with E-state index in [1.807, 2.05) is 6.26 Å². The van der Waals surface area contributed by atoms with Gasteiger partial charge in [-0.25, -0.2) is 0 Å². The second-order valence-corrected chi connectivity index (χ2v) is 8.19. The van der Waals surface area contributed by atoms with Crippen molar-refractivity contribution < 1.29 is 13.9 Å². The van der Waals surface area contributed by atoms with Crippen molar-refractivity contribution in [2.75, 3.05) is 7.11 Å². The highest BCUT2D eigenvalue weighted by molar-refractivity contribution is 5.77. The second-order valence-electron chi connectivity index (χ2n) is 8.19. The van der Waals surface area contributed by atoms with Crippen LogP contribution in [0.5, 0.6) is 0 Å². The molecule has 3 rings (SSSR count). The van der Waals surface area contributed by atoms with Gasteiger partial charge in [-0.05, 0) is 74.3 Å². The Kier molecular flexibility index (Phi) is 4.63. The van der Waals surface area contributed by atoms with E-state index in [1.165, 1.54) is 24.7 Å². The lowest BCUT2D eigenvalue weighted by atomic mass is 9.51. The third kappa shape index (κ3) is 2.72. The summed E-state index contributed by atoms with van der Waals surface area (Å²) in [7, 11) is 1.52. The number of fused-ring (bicyclic) bond motifs is 1. The van der Waals surface area contributed by atoms with Crippen LogP contribution in [0.4, 0.5) is 0 Å². The first-order valence-electron chi connectivity index (χ1n) is 9.22. The smallest absolute Gasteiger partial charge is 0.312 e. The van der Waals surface area contributed by atoms with E-state index in [9.17, 15) is 4.79 Å². The van der Waals surface area contributed by atoms with Crippen LogP contribution in [-0.4, -0.2) is 13.1 Å². The minimum Gasteiger partial charge on any atom is -0.472 e. The van der Waals surface area contributed by atoms with Crippen molar-refractivity contribution in [3.8, 4) is 0 Å². The number of carbonyl (C=O) groups is 1. The van der Waals surface area contributed by atoms with Crippen molar-refractivity contribution in [3.63, 3.8) is 0 Å². The standard InChI is InChI=1S/C21H30O3/c1-15-7-8-18-17(6-5-11-21(18,3)19(22)23-4)20(15,2)12-9-16-10-13-24-14-16/h6,10,13-15,18H,5,7-9,11-12H2,1-4H3/t15-,18-,20+,21+/m1/s1. The zero-order valence-electron chi connectivity index (χ0n) is 15.4. The maximum atomic E-state index is 12.5. The first-order chi connectivity index (χ1) is 11.4. The maximum absolute atomic E-state index is 12.5. The first kappa shape index (κ1) is 17.3. The molecule has 1 aromatic heterocycles. The molecule has 1 heterocycles. The second kappa shape index (κ2) is 6.42. The molecule has 4 atom stereocenters. The highest BCUT2D eigenvalue weighted by Gasteiger charge is 2.52. The van der Waals surface area contributed by atoms with Gasteiger partial charge >= 0.3 is 5.97 Å². The fourth-order valence-electron chi connectivity index (χ4n) is 5.02. The summed E-state index contributed by atoms with van der Waals surface area (Å²) >= 11 is 0. The van der Waals surface area contributed by atoms with Crippen LogP contribution in [0.25, 0.3) is 0 Å². The molecule has 2 aliphatic rings. The summed E-state index contributed by atoms with van der Waals surface area (Å²) in [5.74, 6) is 0.918. The number of rotatable bonds is 4. The molecule has 0 unspecified atom stereocenters. The molecule has 1 saturated carbocycles. The molecule has 3 heteroatoms. The van der Waals surface area contributed by atoms with E-state index in [1.54, 1.807) is 6.26 Å². The zero-order chi connectivity index (χ0) is 17.4. The van der Waals surface area contributed by atoms with Crippen molar-refractivity contribution in [1.82, 2.24) is 0 Å². The van der Waals surface area contributed by atoms with Crippen molar-refractivity contribution in [2.45, 2.75) is 59.3 Å². The predicted molar refractivity (Wildman–Crippen MR) is 94.5 cm³/mol. The van der Waals surface area contributed by atoms with Gasteiger partial charge in [0.05, 0.1) is 25.1 Å². The monoisotopic (exact) mass is 330 g/mol. The Morgan fingerprint density at radius 1 is 1.38 bits per heavy atom. The number of furan rings is 1. The minimum absolute atomic E-state index is 0.0372. The number of aryl methyl sites for hydroxylation is 1. The molecule has 132 valence electrons. The summed E-state index contributed by atoms with van der Waals surface area (Å²) in [6.07, 6.45) is 12.3. The Labute approximate surface area is 145 Å². The topological polar surface area (TPSA) is 39.4 Å². The van der Waals surface area contributed by atoms with E-state index in [0.29, 0.717) is 11.8 Å². The molecule has 0 N–H and O–H groups in total. The summed E-state index contributed by atoms with van der Waals surface area (Å²) < 4.78 is 10.4. The molecule has 1 fully saturated rings. The molecule has 0 spiro atoms. The third-order valence-electron chi connectivity index (χ3n) is 6.97. The summed E-state index contributed by atoms with van der Waals surface area (Å²) in [5.41, 5.74) is 2.55. The van der Waals surface area contributed by atoms with Crippen molar-refractivity contribution in [2.24, 2.45) is 22.7 Å². The van der Waals surface area contributed by atoms with Gasteiger partial charge in [-0.2, -0.15) is 0 Å². The van der Waals surface area contributed by atoms with E-state index in [4.69, 9.17) is 9.15 Å². The first-order valence-corrected chi connectivity index (χ1v) is 9.22. The fraction of sp³-hybridized carbons (Fsp3) is 0.667. The highest BCUT2D eigenvalue weighted by atomic mass is 16.5. The number of allylic oxidation sites excluding steroid dienone is 2. The number of esters is 1. The Hall–Kier alpha value is -1.51. The summed E-state index contributed by atoms with van der Waals surface area (Å²) in [5, 5.41) is 0. The van der Waals surface area contributed by atoms with Gasteiger partial charge in [0.15, 0.2) is 0 Å². The van der Waals surface area contributed by atoms with E-state index in [2.05, 4.69) is 32.9 Å². The molecule has 0 radical (unpaired) electrons. The Morgan fingerprint density at radius 3 is 2.83 bits per heavy atom. The van der Waals surface area contributed by atoms with Crippen LogP contribution >= 0.6 is 0 Å². The molecule has 0 amide bonds. The summed E-state index contributed by atoms with van der Waals surface area (Å²) in [6.45, 7) is 6.89. The number of carbonyl (C=O) groups excluding carboxylic acids is 1. The normalized spacial score (nSPS) is 35.9. The average Bonchev–Trinajstić information content (AvgIpc) is 3.10. The van der Waals surface area contributed by atoms with Crippen molar-refractivity contribution in [1.29, 1.82) is 0 Å². The van der Waals surface area contributed by atoms with Crippen LogP contribution in [-0.2, 0) is 16.0 Å². The molecule has 0 saturated heterocycles. The number of hydrogen-bond donors (Lipinski definition) is 0. The lowest BCUT2D eigenvalue weighted by Gasteiger charge is -2.52. The fourth-order valence-corrected chi connectivity index (χ4v) is 5.02. The third-order valence-corrected chi connectivity index (χ3v) is 6.97. The van der Waals surface area contributed by atoms with Gasteiger partial charge in [0.1, 0.15) is 0 Å². The van der Waals surface area contributed by atoms with E-state index in [-0.39, 0.29) is 16.8 Å². The maximum Gasteiger partial charge on any atom is 0.312 e. The molecule has 0 bridgehead atoms. The molecule has 0 aromatic carbocycles. The predicted octanol–water partition coefficient (Wildman–Crippen LogP) is 5.16. The Morgan fingerprint density at radius 2 is 2.17 bits per heavy atom. The number of ether oxygens (including phenoxy) is 1.